The molecule has 0 bridgehead atoms. The standard InChI is InChI=1S/C30H45N3O5/c1-9-19(4)26(38-8)29(37)33-17-24(34)25-23(33)14-15-32(25)28(36)22(16-18(2)3)31-27(35)20-10-12-21(13-11-20)30(5,6)7/h10-13,18-19,22-23,25-26H,9,14-17H2,1-8H3,(H,31,35). The summed E-state index contributed by atoms with van der Waals surface area (Å²) in [5.41, 5.74) is 1.58. The Balaban J connectivity index is 1.77. The first-order valence-electron chi connectivity index (χ1n) is 13.9. The minimum atomic E-state index is -0.757. The summed E-state index contributed by atoms with van der Waals surface area (Å²) in [6.07, 6.45) is 1.14. The minimum Gasteiger partial charge on any atom is -0.371 e. The third-order valence-corrected chi connectivity index (χ3v) is 7.97. The number of amides is 3. The molecule has 1 aromatic carbocycles. The van der Waals surface area contributed by atoms with Crippen LogP contribution in [0.2, 0.25) is 0 Å². The van der Waals surface area contributed by atoms with E-state index in [9.17, 15) is 19.2 Å². The predicted octanol–water partition coefficient (Wildman–Crippen LogP) is 3.57. The van der Waals surface area contributed by atoms with E-state index in [0.717, 1.165) is 12.0 Å². The van der Waals surface area contributed by atoms with Gasteiger partial charge in [-0.25, -0.2) is 0 Å². The number of benzene rings is 1. The maximum Gasteiger partial charge on any atom is 0.252 e. The number of nitrogens with zero attached hydrogens (tertiary/aromatic N) is 2. The van der Waals surface area contributed by atoms with Crippen LogP contribution in [0.1, 0.15) is 83.7 Å². The highest BCUT2D eigenvalue weighted by atomic mass is 16.5. The summed E-state index contributed by atoms with van der Waals surface area (Å²) < 4.78 is 5.50. The van der Waals surface area contributed by atoms with Crippen molar-refractivity contribution in [2.75, 3.05) is 20.2 Å². The SMILES string of the molecule is CCC(C)C(OC)C(=O)N1CC(=O)C2C1CCN2C(=O)C(CC(C)C)NC(=O)c1ccc(C(C)(C)C)cc1. The van der Waals surface area contributed by atoms with Crippen molar-refractivity contribution < 1.29 is 23.9 Å². The van der Waals surface area contributed by atoms with E-state index in [1.165, 1.54) is 7.11 Å². The summed E-state index contributed by atoms with van der Waals surface area (Å²) in [6, 6.07) is 5.65. The van der Waals surface area contributed by atoms with Gasteiger partial charge in [0.05, 0.1) is 12.6 Å². The van der Waals surface area contributed by atoms with Gasteiger partial charge in [0.1, 0.15) is 18.2 Å². The van der Waals surface area contributed by atoms with Gasteiger partial charge < -0.3 is 19.9 Å². The number of nitrogens with one attached hydrogen (secondary N) is 1. The zero-order valence-electron chi connectivity index (χ0n) is 24.2. The summed E-state index contributed by atoms with van der Waals surface area (Å²) in [4.78, 5) is 56.5. The molecule has 38 heavy (non-hydrogen) atoms. The van der Waals surface area contributed by atoms with Crippen LogP contribution in [0.3, 0.4) is 0 Å². The average molecular weight is 528 g/mol. The molecular weight excluding hydrogens is 482 g/mol. The second-order valence-corrected chi connectivity index (χ2v) is 12.3. The van der Waals surface area contributed by atoms with E-state index in [4.69, 9.17) is 4.74 Å². The zero-order chi connectivity index (χ0) is 28.4. The fourth-order valence-corrected chi connectivity index (χ4v) is 5.57. The number of hydrogen-bond acceptors (Lipinski definition) is 5. The molecular formula is C30H45N3O5. The van der Waals surface area contributed by atoms with E-state index in [2.05, 4.69) is 26.1 Å². The smallest absolute Gasteiger partial charge is 0.252 e. The van der Waals surface area contributed by atoms with E-state index in [-0.39, 0.29) is 53.3 Å². The summed E-state index contributed by atoms with van der Waals surface area (Å²) >= 11 is 0. The first kappa shape index (κ1) is 29.8. The van der Waals surface area contributed by atoms with Crippen molar-refractivity contribution in [1.29, 1.82) is 0 Å². The fourth-order valence-electron chi connectivity index (χ4n) is 5.57. The summed E-state index contributed by atoms with van der Waals surface area (Å²) in [6.45, 7) is 14.6. The first-order chi connectivity index (χ1) is 17.8. The van der Waals surface area contributed by atoms with Crippen molar-refractivity contribution in [2.45, 2.75) is 97.4 Å². The van der Waals surface area contributed by atoms with Gasteiger partial charge >= 0.3 is 0 Å². The molecule has 5 atom stereocenters. The van der Waals surface area contributed by atoms with Crippen LogP contribution in [0, 0.1) is 11.8 Å². The number of ketones is 1. The zero-order valence-corrected chi connectivity index (χ0v) is 24.2. The van der Waals surface area contributed by atoms with Gasteiger partial charge in [0.25, 0.3) is 11.8 Å². The van der Waals surface area contributed by atoms with E-state index in [0.29, 0.717) is 24.9 Å². The number of ether oxygens (including phenoxy) is 1. The molecule has 0 radical (unpaired) electrons. The van der Waals surface area contributed by atoms with Crippen LogP contribution in [0.5, 0.6) is 0 Å². The van der Waals surface area contributed by atoms with Crippen molar-refractivity contribution in [3.8, 4) is 0 Å². The molecule has 2 heterocycles. The first-order valence-corrected chi connectivity index (χ1v) is 13.9. The van der Waals surface area contributed by atoms with Crippen molar-refractivity contribution >= 4 is 23.5 Å². The van der Waals surface area contributed by atoms with Gasteiger partial charge in [-0.3, -0.25) is 19.2 Å². The highest BCUT2D eigenvalue weighted by Crippen LogP contribution is 2.32. The van der Waals surface area contributed by atoms with Crippen molar-refractivity contribution in [3.63, 3.8) is 0 Å². The Morgan fingerprint density at radius 3 is 2.21 bits per heavy atom. The molecule has 210 valence electrons. The van der Waals surface area contributed by atoms with Crippen molar-refractivity contribution in [2.24, 2.45) is 11.8 Å². The third kappa shape index (κ3) is 6.28. The lowest BCUT2D eigenvalue weighted by molar-refractivity contribution is -0.146. The Morgan fingerprint density at radius 2 is 1.68 bits per heavy atom. The predicted molar refractivity (Wildman–Crippen MR) is 147 cm³/mol. The van der Waals surface area contributed by atoms with E-state index < -0.39 is 18.2 Å². The van der Waals surface area contributed by atoms with Gasteiger partial charge in [0, 0.05) is 19.2 Å². The topological polar surface area (TPSA) is 96.0 Å². The molecule has 2 aliphatic heterocycles. The number of carbonyl (C=O) groups excluding carboxylic acids is 4. The van der Waals surface area contributed by atoms with Crippen LogP contribution >= 0.6 is 0 Å². The Hall–Kier alpha value is -2.74. The Labute approximate surface area is 227 Å². The van der Waals surface area contributed by atoms with Crippen molar-refractivity contribution in [3.05, 3.63) is 35.4 Å². The lowest BCUT2D eigenvalue weighted by Gasteiger charge is -2.30. The molecule has 0 aliphatic carbocycles. The highest BCUT2D eigenvalue weighted by molar-refractivity contribution is 6.01. The molecule has 1 aromatic rings. The monoisotopic (exact) mass is 527 g/mol. The number of Topliss-reactive ketones (excluding diaryl/α,β-unsaturated/α-hetero) is 1. The molecule has 1 N–H and O–H groups in total. The quantitative estimate of drug-likeness (QED) is 0.530. The molecule has 0 aromatic heterocycles. The molecule has 5 unspecified atom stereocenters. The van der Waals surface area contributed by atoms with Gasteiger partial charge in [0.2, 0.25) is 5.91 Å². The number of carbonyl (C=O) groups is 4. The molecule has 8 heteroatoms. The number of hydrogen-bond donors (Lipinski definition) is 1. The Morgan fingerprint density at radius 1 is 1.05 bits per heavy atom. The lowest BCUT2D eigenvalue weighted by atomic mass is 9.86. The Bertz CT molecular complexity index is 1030. The van der Waals surface area contributed by atoms with Gasteiger partial charge in [-0.2, -0.15) is 0 Å². The Kier molecular flexibility index (Phi) is 9.39. The third-order valence-electron chi connectivity index (χ3n) is 7.97. The maximum atomic E-state index is 13.8. The molecule has 8 nitrogen and oxygen atoms in total. The molecule has 0 spiro atoms. The average Bonchev–Trinajstić information content (AvgIpc) is 3.43. The van der Waals surface area contributed by atoms with Crippen LogP contribution in [0.15, 0.2) is 24.3 Å². The van der Waals surface area contributed by atoms with E-state index in [1.807, 2.05) is 39.8 Å². The minimum absolute atomic E-state index is 0.0175. The molecule has 2 saturated heterocycles. The summed E-state index contributed by atoms with van der Waals surface area (Å²) in [5.74, 6) is -0.738. The molecule has 3 rings (SSSR count). The summed E-state index contributed by atoms with van der Waals surface area (Å²) in [7, 11) is 1.52. The number of methoxy groups -OCH3 is 1. The second kappa shape index (κ2) is 12.0. The normalized spacial score (nSPS) is 21.9. The second-order valence-electron chi connectivity index (χ2n) is 12.3. The molecule has 2 aliphatic rings. The summed E-state index contributed by atoms with van der Waals surface area (Å²) in [5, 5.41) is 2.94. The van der Waals surface area contributed by atoms with Crippen LogP contribution in [-0.2, 0) is 24.5 Å². The number of likely N-dealkylation sites (tertiary alicyclic amines) is 2. The lowest BCUT2D eigenvalue weighted by Crippen LogP contribution is -2.53. The fraction of sp³-hybridized carbons (Fsp3) is 0.667. The largest absolute Gasteiger partial charge is 0.371 e. The van der Waals surface area contributed by atoms with Gasteiger partial charge in [0.15, 0.2) is 5.78 Å². The number of rotatable bonds is 9. The highest BCUT2D eigenvalue weighted by Gasteiger charge is 2.53. The van der Waals surface area contributed by atoms with Gasteiger partial charge in [-0.05, 0) is 47.8 Å². The van der Waals surface area contributed by atoms with Crippen LogP contribution in [0.25, 0.3) is 0 Å². The number of fused-ring (bicyclic) bond motifs is 1. The van der Waals surface area contributed by atoms with Crippen LogP contribution < -0.4 is 5.32 Å². The molecule has 0 saturated carbocycles. The van der Waals surface area contributed by atoms with Crippen LogP contribution in [-0.4, -0.2) is 77.7 Å². The van der Waals surface area contributed by atoms with Crippen LogP contribution in [0.4, 0.5) is 0 Å². The van der Waals surface area contributed by atoms with E-state index >= 15 is 0 Å². The van der Waals surface area contributed by atoms with Crippen molar-refractivity contribution in [1.82, 2.24) is 15.1 Å². The van der Waals surface area contributed by atoms with Gasteiger partial charge in [-0.15, -0.1) is 0 Å². The van der Waals surface area contributed by atoms with Gasteiger partial charge in [-0.1, -0.05) is 67.0 Å². The molecule has 2 fully saturated rings. The maximum absolute atomic E-state index is 13.8. The molecule has 3 amide bonds. The van der Waals surface area contributed by atoms with E-state index in [1.54, 1.807) is 21.9 Å².